The first-order chi connectivity index (χ1) is 14.9. The van der Waals surface area contributed by atoms with Crippen molar-refractivity contribution in [2.75, 3.05) is 0 Å². The first kappa shape index (κ1) is 18.9. The van der Waals surface area contributed by atoms with E-state index in [1.165, 1.54) is 29.1 Å². The molecule has 0 radical (unpaired) electrons. The van der Waals surface area contributed by atoms with Gasteiger partial charge in [0.1, 0.15) is 5.82 Å². The minimum atomic E-state index is -1.32. The van der Waals surface area contributed by atoms with Crippen molar-refractivity contribution in [3.63, 3.8) is 0 Å². The van der Waals surface area contributed by atoms with Crippen LogP contribution >= 0.6 is 0 Å². The molecule has 3 aromatic heterocycles. The highest BCUT2D eigenvalue weighted by Crippen LogP contribution is 2.34. The Morgan fingerprint density at radius 1 is 1.19 bits per heavy atom. The maximum absolute atomic E-state index is 13.8. The number of aryl methyl sites for hydroxylation is 1. The van der Waals surface area contributed by atoms with Crippen LogP contribution in [0.4, 0.5) is 4.39 Å². The van der Waals surface area contributed by atoms with Gasteiger partial charge in [0.2, 0.25) is 0 Å². The fraction of sp³-hybridized carbons (Fsp3) is 0.130. The minimum Gasteiger partial charge on any atom is -0.372 e. The Morgan fingerprint density at radius 2 is 2.06 bits per heavy atom. The lowest BCUT2D eigenvalue weighted by atomic mass is 10.0. The predicted molar refractivity (Wildman–Crippen MR) is 111 cm³/mol. The van der Waals surface area contributed by atoms with E-state index in [1.54, 1.807) is 18.3 Å². The summed E-state index contributed by atoms with van der Waals surface area (Å²) >= 11 is 0. The summed E-state index contributed by atoms with van der Waals surface area (Å²) in [5.74, 6) is 5.05. The number of carbonyl (C=O) groups is 1. The molecular formula is C23H16FN5O2. The molecule has 1 aliphatic rings. The van der Waals surface area contributed by atoms with E-state index >= 15 is 0 Å². The number of pyridine rings is 2. The molecule has 31 heavy (non-hydrogen) atoms. The van der Waals surface area contributed by atoms with Gasteiger partial charge in [-0.3, -0.25) is 9.78 Å². The summed E-state index contributed by atoms with van der Waals surface area (Å²) in [4.78, 5) is 20.3. The van der Waals surface area contributed by atoms with E-state index in [4.69, 9.17) is 5.73 Å². The van der Waals surface area contributed by atoms with E-state index in [0.717, 1.165) is 5.56 Å². The second-order valence-electron chi connectivity index (χ2n) is 7.31. The molecule has 1 amide bonds. The number of amides is 1. The van der Waals surface area contributed by atoms with Gasteiger partial charge in [-0.2, -0.15) is 5.10 Å². The van der Waals surface area contributed by atoms with Gasteiger partial charge in [-0.15, -0.1) is 0 Å². The Kier molecular flexibility index (Phi) is 4.27. The molecule has 1 atom stereocenters. The predicted octanol–water partition coefficient (Wildman–Crippen LogP) is 2.24. The molecule has 0 spiro atoms. The Labute approximate surface area is 176 Å². The molecule has 0 fully saturated rings. The zero-order valence-corrected chi connectivity index (χ0v) is 16.2. The highest BCUT2D eigenvalue weighted by molar-refractivity contribution is 6.04. The van der Waals surface area contributed by atoms with Crippen molar-refractivity contribution < 1.29 is 14.3 Å². The molecule has 0 bridgehead atoms. The number of halogens is 1. The van der Waals surface area contributed by atoms with Gasteiger partial charge in [-0.1, -0.05) is 17.9 Å². The number of aromatic nitrogens is 4. The third kappa shape index (κ3) is 3.21. The van der Waals surface area contributed by atoms with Crippen molar-refractivity contribution in [1.29, 1.82) is 0 Å². The number of fused-ring (bicyclic) bond motifs is 2. The Hall–Kier alpha value is -4.09. The number of nitrogens with two attached hydrogens (primary N) is 1. The van der Waals surface area contributed by atoms with Crippen molar-refractivity contribution in [3.8, 4) is 17.7 Å². The van der Waals surface area contributed by atoms with E-state index in [-0.39, 0.29) is 5.69 Å². The second-order valence-corrected chi connectivity index (χ2v) is 7.31. The zero-order chi connectivity index (χ0) is 21.6. The quantitative estimate of drug-likeness (QED) is 0.490. The van der Waals surface area contributed by atoms with Crippen LogP contribution in [0.1, 0.15) is 33.7 Å². The van der Waals surface area contributed by atoms with E-state index in [9.17, 15) is 14.3 Å². The van der Waals surface area contributed by atoms with E-state index in [1.807, 2.05) is 12.1 Å². The fourth-order valence-corrected chi connectivity index (χ4v) is 3.80. The summed E-state index contributed by atoms with van der Waals surface area (Å²) < 4.78 is 15.2. The lowest BCUT2D eigenvalue weighted by Gasteiger charge is -2.15. The Bertz CT molecular complexity index is 1420. The normalized spacial score (nSPS) is 17.2. The monoisotopic (exact) mass is 413 g/mol. The van der Waals surface area contributed by atoms with Gasteiger partial charge in [0.25, 0.3) is 5.91 Å². The molecule has 1 aromatic carbocycles. The van der Waals surface area contributed by atoms with Crippen molar-refractivity contribution in [2.45, 2.75) is 18.4 Å². The fourth-order valence-electron chi connectivity index (χ4n) is 3.80. The molecule has 4 aromatic rings. The third-order valence-electron chi connectivity index (χ3n) is 5.29. The Balaban J connectivity index is 1.57. The molecule has 8 heteroatoms. The lowest BCUT2D eigenvalue weighted by molar-refractivity contribution is 0.0980. The van der Waals surface area contributed by atoms with Gasteiger partial charge in [0.05, 0.1) is 11.2 Å². The van der Waals surface area contributed by atoms with Gasteiger partial charge >= 0.3 is 0 Å². The van der Waals surface area contributed by atoms with Crippen LogP contribution in [-0.2, 0) is 12.0 Å². The van der Waals surface area contributed by atoms with Crippen molar-refractivity contribution >= 4 is 16.8 Å². The maximum Gasteiger partial charge on any atom is 0.269 e. The van der Waals surface area contributed by atoms with Crippen molar-refractivity contribution in [3.05, 3.63) is 83.2 Å². The lowest BCUT2D eigenvalue weighted by Crippen LogP contribution is -2.21. The summed E-state index contributed by atoms with van der Waals surface area (Å²) in [7, 11) is 0. The number of primary amides is 1. The minimum absolute atomic E-state index is 0.0243. The number of rotatable bonds is 2. The highest BCUT2D eigenvalue weighted by Gasteiger charge is 2.36. The van der Waals surface area contributed by atoms with Gasteiger partial charge in [0.15, 0.2) is 17.1 Å². The summed E-state index contributed by atoms with van der Waals surface area (Å²) in [5.41, 5.74) is 6.63. The Morgan fingerprint density at radius 3 is 2.90 bits per heavy atom. The van der Waals surface area contributed by atoms with Crippen LogP contribution in [0.15, 0.2) is 54.9 Å². The molecule has 0 aliphatic heterocycles. The molecule has 3 heterocycles. The van der Waals surface area contributed by atoms with Gasteiger partial charge < -0.3 is 10.8 Å². The van der Waals surface area contributed by atoms with Crippen LogP contribution in [0.5, 0.6) is 0 Å². The van der Waals surface area contributed by atoms with Gasteiger partial charge in [-0.05, 0) is 48.7 Å². The van der Waals surface area contributed by atoms with Crippen LogP contribution in [-0.4, -0.2) is 30.8 Å². The second kappa shape index (κ2) is 7.00. The van der Waals surface area contributed by atoms with Crippen LogP contribution in [0.25, 0.3) is 16.7 Å². The van der Waals surface area contributed by atoms with Crippen LogP contribution < -0.4 is 5.73 Å². The summed E-state index contributed by atoms with van der Waals surface area (Å²) in [6, 6.07) is 11.1. The zero-order valence-electron chi connectivity index (χ0n) is 16.2. The molecule has 0 saturated carbocycles. The largest absolute Gasteiger partial charge is 0.372 e. The number of carbonyl (C=O) groups excluding carboxylic acids is 1. The molecule has 1 unspecified atom stereocenters. The molecule has 5 rings (SSSR count). The number of aliphatic hydroxyl groups is 1. The highest BCUT2D eigenvalue weighted by atomic mass is 19.1. The van der Waals surface area contributed by atoms with Gasteiger partial charge in [0, 0.05) is 29.4 Å². The van der Waals surface area contributed by atoms with Crippen LogP contribution in [0.3, 0.4) is 0 Å². The van der Waals surface area contributed by atoms with Gasteiger partial charge in [-0.25, -0.2) is 14.1 Å². The molecular weight excluding hydrogens is 397 g/mol. The van der Waals surface area contributed by atoms with Crippen LogP contribution in [0, 0.1) is 17.7 Å². The molecule has 1 aliphatic carbocycles. The number of nitrogens with zero attached hydrogens (tertiary/aromatic N) is 4. The smallest absolute Gasteiger partial charge is 0.269 e. The average Bonchev–Trinajstić information content (AvgIpc) is 3.31. The standard InChI is InChI=1S/C23H16FN5O2/c24-16-3-4-17-18(13-16)29(28-20(17)22(25)30)19-12-14(7-11-26-19)5-8-23(31)9-6-15-2-1-10-27-21(15)23/h1-4,7,10-13,31H,6,9H2,(H2,25,30). The van der Waals surface area contributed by atoms with Crippen molar-refractivity contribution in [1.82, 2.24) is 19.7 Å². The number of hydrogen-bond acceptors (Lipinski definition) is 5. The summed E-state index contributed by atoms with van der Waals surface area (Å²) in [6.07, 6.45) is 4.34. The molecule has 3 N–H and O–H groups in total. The van der Waals surface area contributed by atoms with E-state index < -0.39 is 17.3 Å². The average molecular weight is 413 g/mol. The van der Waals surface area contributed by atoms with Crippen molar-refractivity contribution in [2.24, 2.45) is 5.73 Å². The molecule has 7 nitrogen and oxygen atoms in total. The molecule has 0 saturated heterocycles. The first-order valence-corrected chi connectivity index (χ1v) is 9.59. The number of benzene rings is 1. The van der Waals surface area contributed by atoms with Crippen LogP contribution in [0.2, 0.25) is 0 Å². The number of hydrogen-bond donors (Lipinski definition) is 2. The topological polar surface area (TPSA) is 107 Å². The summed E-state index contributed by atoms with van der Waals surface area (Å²) in [6.45, 7) is 0. The first-order valence-electron chi connectivity index (χ1n) is 9.59. The third-order valence-corrected chi connectivity index (χ3v) is 5.29. The van der Waals surface area contributed by atoms with E-state index in [0.29, 0.717) is 40.8 Å². The SMILES string of the molecule is NC(=O)c1nn(-c2cc(C#CC3(O)CCc4cccnc43)ccn2)c2cc(F)ccc12. The summed E-state index contributed by atoms with van der Waals surface area (Å²) in [5, 5.41) is 15.6. The van der Waals surface area contributed by atoms with E-state index in [2.05, 4.69) is 26.9 Å². The molecule has 152 valence electrons. The maximum atomic E-state index is 13.8.